The number of rotatable bonds is 9. The van der Waals surface area contributed by atoms with Crippen LogP contribution in [0, 0.1) is 5.92 Å². The van der Waals surface area contributed by atoms with E-state index in [2.05, 4.69) is 5.32 Å². The Hall–Kier alpha value is -3.02. The number of nitrogens with one attached hydrogen (secondary N) is 1. The number of aliphatic hydroxyl groups is 2. The first-order chi connectivity index (χ1) is 17.0. The molecule has 11 nitrogen and oxygen atoms in total. The number of carbonyl (C=O) groups is 4. The molecule has 0 unspecified atom stereocenters. The van der Waals surface area contributed by atoms with Gasteiger partial charge in [-0.25, -0.2) is 4.79 Å². The van der Waals surface area contributed by atoms with Gasteiger partial charge in [0.15, 0.2) is 0 Å². The van der Waals surface area contributed by atoms with Crippen LogP contribution in [0.2, 0.25) is 0 Å². The third-order valence-electron chi connectivity index (χ3n) is 6.89. The Kier molecular flexibility index (Phi) is 9.04. The molecule has 3 amide bonds. The molecule has 6 N–H and O–H groups in total. The minimum Gasteiger partial charge on any atom is -0.480 e. The van der Waals surface area contributed by atoms with E-state index in [0.29, 0.717) is 12.8 Å². The number of β-amino-alcohol motifs (C(OH)–C–C–N with tert-alkyl or cyclic N) is 1. The topological polar surface area (TPSA) is 173 Å². The Morgan fingerprint density at radius 3 is 2.39 bits per heavy atom. The number of nitrogens with two attached hydrogens (primary N) is 1. The maximum atomic E-state index is 13.5. The van der Waals surface area contributed by atoms with Crippen molar-refractivity contribution in [3.05, 3.63) is 35.9 Å². The maximum Gasteiger partial charge on any atom is 0.326 e. The second-order valence-electron chi connectivity index (χ2n) is 9.95. The third kappa shape index (κ3) is 6.21. The van der Waals surface area contributed by atoms with Gasteiger partial charge >= 0.3 is 5.97 Å². The van der Waals surface area contributed by atoms with Crippen molar-refractivity contribution in [3.8, 4) is 0 Å². The summed E-state index contributed by atoms with van der Waals surface area (Å²) in [5, 5.41) is 32.5. The van der Waals surface area contributed by atoms with Crippen molar-refractivity contribution >= 4 is 23.7 Å². The summed E-state index contributed by atoms with van der Waals surface area (Å²) in [5.41, 5.74) is 6.92. The fourth-order valence-corrected chi connectivity index (χ4v) is 4.89. The lowest BCUT2D eigenvalue weighted by Gasteiger charge is -2.33. The van der Waals surface area contributed by atoms with Gasteiger partial charge in [0, 0.05) is 25.6 Å². The molecule has 0 aliphatic carbocycles. The minimum atomic E-state index is -1.54. The molecule has 2 aliphatic rings. The summed E-state index contributed by atoms with van der Waals surface area (Å²) < 4.78 is 0. The van der Waals surface area contributed by atoms with Crippen molar-refractivity contribution in [2.24, 2.45) is 11.7 Å². The van der Waals surface area contributed by atoms with Crippen molar-refractivity contribution in [1.82, 2.24) is 15.1 Å². The summed E-state index contributed by atoms with van der Waals surface area (Å²) in [5.74, 6) is -3.34. The second-order valence-corrected chi connectivity index (χ2v) is 9.95. The van der Waals surface area contributed by atoms with Crippen LogP contribution in [-0.2, 0) is 25.6 Å². The molecule has 0 bridgehead atoms. The van der Waals surface area contributed by atoms with Crippen LogP contribution < -0.4 is 11.1 Å². The van der Waals surface area contributed by atoms with Gasteiger partial charge in [0.2, 0.25) is 11.8 Å². The van der Waals surface area contributed by atoms with Gasteiger partial charge in [0.1, 0.15) is 24.2 Å². The number of benzene rings is 1. The average Bonchev–Trinajstić information content (AvgIpc) is 3.48. The number of nitrogens with zero attached hydrogens (tertiary/aromatic N) is 2. The lowest BCUT2D eigenvalue weighted by Crippen LogP contribution is -2.59. The molecular formula is C25H36N4O7. The zero-order valence-electron chi connectivity index (χ0n) is 20.6. The standard InChI is InChI=1S/C25H36N4O7/c1-14(2)20(27-22(32)21(31)17(26)11-15-7-4-3-5-8-15)24(34)28-10-6-9-18(28)23(33)29-13-16(30)12-19(29)25(35)36/h3-5,7-8,14,16-21,30-31H,6,9-13,26H2,1-2H3,(H,27,32)(H,35,36)/t16-,17-,18-,19+,20-,21-/m0/s1. The number of carbonyl (C=O) groups excluding carboxylic acids is 3. The fourth-order valence-electron chi connectivity index (χ4n) is 4.89. The highest BCUT2D eigenvalue weighted by atomic mass is 16.4. The molecule has 11 heteroatoms. The molecule has 198 valence electrons. The molecule has 2 fully saturated rings. The molecule has 0 spiro atoms. The van der Waals surface area contributed by atoms with E-state index in [-0.39, 0.29) is 31.8 Å². The zero-order chi connectivity index (χ0) is 26.6. The predicted octanol–water partition coefficient (Wildman–Crippen LogP) is -0.904. The summed E-state index contributed by atoms with van der Waals surface area (Å²) in [6, 6.07) is 5.26. The highest BCUT2D eigenvalue weighted by Crippen LogP contribution is 2.26. The molecule has 0 saturated carbocycles. The van der Waals surface area contributed by atoms with E-state index in [9.17, 15) is 34.5 Å². The van der Waals surface area contributed by atoms with Crippen LogP contribution in [0.3, 0.4) is 0 Å². The summed E-state index contributed by atoms with van der Waals surface area (Å²) in [6.07, 6.45) is -1.38. The molecule has 2 saturated heterocycles. The van der Waals surface area contributed by atoms with Crippen LogP contribution in [-0.4, -0.2) is 98.3 Å². The van der Waals surface area contributed by atoms with E-state index in [4.69, 9.17) is 5.73 Å². The van der Waals surface area contributed by atoms with Crippen molar-refractivity contribution < 1.29 is 34.5 Å². The summed E-state index contributed by atoms with van der Waals surface area (Å²) in [4.78, 5) is 53.6. The number of carboxylic acids is 1. The normalized spacial score (nSPS) is 24.4. The number of likely N-dealkylation sites (tertiary alicyclic amines) is 2. The van der Waals surface area contributed by atoms with Gasteiger partial charge in [0.05, 0.1) is 6.10 Å². The quantitative estimate of drug-likeness (QED) is 0.287. The second kappa shape index (κ2) is 11.8. The van der Waals surface area contributed by atoms with Crippen molar-refractivity contribution in [1.29, 1.82) is 0 Å². The number of aliphatic carboxylic acids is 1. The number of hydrogen-bond donors (Lipinski definition) is 5. The molecular weight excluding hydrogens is 468 g/mol. The maximum absolute atomic E-state index is 13.5. The van der Waals surface area contributed by atoms with Gasteiger partial charge in [-0.3, -0.25) is 14.4 Å². The van der Waals surface area contributed by atoms with Gasteiger partial charge in [0.25, 0.3) is 5.91 Å². The highest BCUT2D eigenvalue weighted by molar-refractivity contribution is 5.94. The Labute approximate surface area is 210 Å². The first kappa shape index (κ1) is 27.6. The van der Waals surface area contributed by atoms with E-state index in [1.165, 1.54) is 4.90 Å². The van der Waals surface area contributed by atoms with Gasteiger partial charge in [-0.2, -0.15) is 0 Å². The van der Waals surface area contributed by atoms with Crippen molar-refractivity contribution in [2.75, 3.05) is 13.1 Å². The lowest BCUT2D eigenvalue weighted by atomic mass is 9.99. The van der Waals surface area contributed by atoms with Gasteiger partial charge in [-0.05, 0) is 30.7 Å². The molecule has 1 aromatic carbocycles. The molecule has 0 radical (unpaired) electrons. The van der Waals surface area contributed by atoms with Crippen LogP contribution in [0.25, 0.3) is 0 Å². The van der Waals surface area contributed by atoms with Crippen LogP contribution in [0.1, 0.15) is 38.7 Å². The Balaban J connectivity index is 1.68. The van der Waals surface area contributed by atoms with E-state index >= 15 is 0 Å². The monoisotopic (exact) mass is 504 g/mol. The zero-order valence-corrected chi connectivity index (χ0v) is 20.6. The van der Waals surface area contributed by atoms with Gasteiger partial charge < -0.3 is 36.2 Å². The fraction of sp³-hybridized carbons (Fsp3) is 0.600. The lowest BCUT2D eigenvalue weighted by molar-refractivity contribution is -0.152. The largest absolute Gasteiger partial charge is 0.480 e. The Morgan fingerprint density at radius 2 is 1.78 bits per heavy atom. The first-order valence-electron chi connectivity index (χ1n) is 12.3. The van der Waals surface area contributed by atoms with E-state index in [1.54, 1.807) is 13.8 Å². The van der Waals surface area contributed by atoms with Gasteiger partial charge in [-0.1, -0.05) is 44.2 Å². The molecule has 0 aromatic heterocycles. The molecule has 1 aromatic rings. The first-order valence-corrected chi connectivity index (χ1v) is 12.3. The van der Waals surface area contributed by atoms with E-state index < -0.39 is 60.1 Å². The molecule has 6 atom stereocenters. The number of amides is 3. The molecule has 36 heavy (non-hydrogen) atoms. The Bertz CT molecular complexity index is 957. The number of aliphatic hydroxyl groups excluding tert-OH is 2. The molecule has 2 heterocycles. The van der Waals surface area contributed by atoms with Crippen LogP contribution in [0.4, 0.5) is 0 Å². The van der Waals surface area contributed by atoms with Crippen molar-refractivity contribution in [2.45, 2.75) is 75.9 Å². The summed E-state index contributed by atoms with van der Waals surface area (Å²) >= 11 is 0. The third-order valence-corrected chi connectivity index (χ3v) is 6.89. The summed E-state index contributed by atoms with van der Waals surface area (Å²) in [6.45, 7) is 3.65. The van der Waals surface area contributed by atoms with Crippen molar-refractivity contribution in [3.63, 3.8) is 0 Å². The smallest absolute Gasteiger partial charge is 0.326 e. The van der Waals surface area contributed by atoms with Crippen LogP contribution in [0.5, 0.6) is 0 Å². The molecule has 3 rings (SSSR count). The Morgan fingerprint density at radius 1 is 1.11 bits per heavy atom. The predicted molar refractivity (Wildman–Crippen MR) is 129 cm³/mol. The summed E-state index contributed by atoms with van der Waals surface area (Å²) in [7, 11) is 0. The van der Waals surface area contributed by atoms with Crippen LogP contribution >= 0.6 is 0 Å². The van der Waals surface area contributed by atoms with E-state index in [1.807, 2.05) is 30.3 Å². The SMILES string of the molecule is CC(C)[C@H](NC(=O)[C@@H](O)[C@@H](N)Cc1ccccc1)C(=O)N1CCC[C@H]1C(=O)N1C[C@@H](O)C[C@@H]1C(=O)O. The average molecular weight is 505 g/mol. The van der Waals surface area contributed by atoms with Crippen LogP contribution in [0.15, 0.2) is 30.3 Å². The van der Waals surface area contributed by atoms with E-state index in [0.717, 1.165) is 10.5 Å². The molecule has 2 aliphatic heterocycles. The highest BCUT2D eigenvalue weighted by Gasteiger charge is 2.46. The van der Waals surface area contributed by atoms with Gasteiger partial charge in [-0.15, -0.1) is 0 Å². The number of carboxylic acid groups (broad SMARTS) is 1. The minimum absolute atomic E-state index is 0.0620. The number of hydrogen-bond acceptors (Lipinski definition) is 7.